The van der Waals surface area contributed by atoms with Crippen molar-refractivity contribution in [3.8, 4) is 6.07 Å². The van der Waals surface area contributed by atoms with E-state index < -0.39 is 11.0 Å². The average Bonchev–Trinajstić information content (AvgIpc) is 3.29. The number of piperidine rings is 1. The van der Waals surface area contributed by atoms with Gasteiger partial charge in [-0.25, -0.2) is 4.79 Å². The van der Waals surface area contributed by atoms with Crippen LogP contribution in [-0.2, 0) is 16.7 Å². The molecule has 0 bridgehead atoms. The molecule has 35 heavy (non-hydrogen) atoms. The average molecular weight is 474 g/mol. The van der Waals surface area contributed by atoms with Gasteiger partial charge in [0.25, 0.3) is 0 Å². The highest BCUT2D eigenvalue weighted by Gasteiger charge is 2.52. The lowest BCUT2D eigenvalue weighted by atomic mass is 9.59. The van der Waals surface area contributed by atoms with Crippen LogP contribution in [0.3, 0.4) is 0 Å². The van der Waals surface area contributed by atoms with Gasteiger partial charge in [-0.05, 0) is 76.6 Å². The van der Waals surface area contributed by atoms with Crippen LogP contribution in [0, 0.1) is 23.2 Å². The highest BCUT2D eigenvalue weighted by molar-refractivity contribution is 5.68. The summed E-state index contributed by atoms with van der Waals surface area (Å²) in [5.74, 6) is 0.307. The first-order valence-electron chi connectivity index (χ1n) is 13.0. The van der Waals surface area contributed by atoms with Gasteiger partial charge in [0.15, 0.2) is 0 Å². The second-order valence-corrected chi connectivity index (χ2v) is 11.2. The zero-order valence-corrected chi connectivity index (χ0v) is 21.4. The number of hydrogen-bond acceptors (Lipinski definition) is 4. The molecule has 0 unspecified atom stereocenters. The molecule has 0 spiro atoms. The molecule has 1 aliphatic heterocycles. The Morgan fingerprint density at radius 1 is 1.00 bits per heavy atom. The third-order valence-electron chi connectivity index (χ3n) is 7.72. The van der Waals surface area contributed by atoms with Gasteiger partial charge in [-0.2, -0.15) is 5.26 Å². The van der Waals surface area contributed by atoms with Gasteiger partial charge < -0.3 is 10.1 Å². The van der Waals surface area contributed by atoms with Crippen molar-refractivity contribution in [3.05, 3.63) is 71.8 Å². The van der Waals surface area contributed by atoms with E-state index in [4.69, 9.17) is 4.74 Å². The van der Waals surface area contributed by atoms with Crippen LogP contribution in [0.4, 0.5) is 4.79 Å². The number of alkyl carbamates (subject to hydrolysis) is 1. The molecule has 1 saturated carbocycles. The standard InChI is InChI=1S/C30H39N3O2/c1-29(2,3)35-28(34)32-27-16-10-15-26(27)30(22-31,24-13-8-5-9-14-24)25-17-19-33(20-18-25)21-23-11-6-4-7-12-23/h4-9,11-14,25-27H,10,15-21H2,1-3H3,(H,32,34)/t26-,27-,30-/m0/s1. The van der Waals surface area contributed by atoms with E-state index in [1.807, 2.05) is 39.0 Å². The van der Waals surface area contributed by atoms with Crippen LogP contribution in [0.5, 0.6) is 0 Å². The number of nitrogens with zero attached hydrogens (tertiary/aromatic N) is 2. The van der Waals surface area contributed by atoms with Gasteiger partial charge in [0.05, 0.1) is 11.5 Å². The van der Waals surface area contributed by atoms with Crippen LogP contribution >= 0.6 is 0 Å². The minimum absolute atomic E-state index is 0.0629. The summed E-state index contributed by atoms with van der Waals surface area (Å²) in [6, 6.07) is 23.7. The lowest BCUT2D eigenvalue weighted by Crippen LogP contribution is -2.52. The second kappa shape index (κ2) is 10.8. The number of benzene rings is 2. The molecular weight excluding hydrogens is 434 g/mol. The number of nitriles is 1. The molecule has 1 heterocycles. The van der Waals surface area contributed by atoms with E-state index in [2.05, 4.69) is 58.8 Å². The van der Waals surface area contributed by atoms with E-state index in [0.717, 1.165) is 57.3 Å². The Balaban J connectivity index is 1.56. The van der Waals surface area contributed by atoms with Crippen molar-refractivity contribution in [1.82, 2.24) is 10.2 Å². The van der Waals surface area contributed by atoms with Crippen molar-refractivity contribution in [2.75, 3.05) is 13.1 Å². The number of likely N-dealkylation sites (tertiary alicyclic amines) is 1. The molecule has 2 aromatic carbocycles. The van der Waals surface area contributed by atoms with Crippen LogP contribution in [0.1, 0.15) is 64.0 Å². The molecule has 1 aliphatic carbocycles. The summed E-state index contributed by atoms with van der Waals surface area (Å²) in [6.45, 7) is 8.55. The predicted octanol–water partition coefficient (Wildman–Crippen LogP) is 6.05. The summed E-state index contributed by atoms with van der Waals surface area (Å²) in [5.41, 5.74) is 1.25. The molecule has 4 rings (SSSR count). The molecule has 2 aromatic rings. The van der Waals surface area contributed by atoms with Crippen molar-refractivity contribution in [3.63, 3.8) is 0 Å². The lowest BCUT2D eigenvalue weighted by Gasteiger charge is -2.46. The first kappa shape index (κ1) is 25.3. The van der Waals surface area contributed by atoms with E-state index in [9.17, 15) is 10.1 Å². The van der Waals surface area contributed by atoms with Gasteiger partial charge in [-0.1, -0.05) is 67.1 Å². The maximum Gasteiger partial charge on any atom is 0.407 e. The molecule has 0 radical (unpaired) electrons. The fourth-order valence-electron chi connectivity index (χ4n) is 6.23. The fourth-order valence-corrected chi connectivity index (χ4v) is 6.23. The Labute approximate surface area is 210 Å². The number of nitrogens with one attached hydrogen (secondary N) is 1. The molecule has 5 heteroatoms. The molecule has 186 valence electrons. The summed E-state index contributed by atoms with van der Waals surface area (Å²) in [6.07, 6.45) is 4.40. The number of rotatable bonds is 6. The van der Waals surface area contributed by atoms with E-state index in [1.54, 1.807) is 0 Å². The SMILES string of the molecule is CC(C)(C)OC(=O)N[C@H]1CCC[C@@H]1[C@@](C#N)(c1ccccc1)C1CCN(Cc2ccccc2)CC1. The topological polar surface area (TPSA) is 65.4 Å². The monoisotopic (exact) mass is 473 g/mol. The molecule has 1 N–H and O–H groups in total. The van der Waals surface area contributed by atoms with E-state index in [0.29, 0.717) is 0 Å². The molecular formula is C30H39N3O2. The van der Waals surface area contributed by atoms with Crippen molar-refractivity contribution in [1.29, 1.82) is 5.26 Å². The van der Waals surface area contributed by atoms with E-state index >= 15 is 0 Å². The summed E-state index contributed by atoms with van der Waals surface area (Å²) >= 11 is 0. The van der Waals surface area contributed by atoms with Crippen LogP contribution in [0.25, 0.3) is 0 Å². The first-order valence-corrected chi connectivity index (χ1v) is 13.0. The third-order valence-corrected chi connectivity index (χ3v) is 7.72. The van der Waals surface area contributed by atoms with Crippen LogP contribution < -0.4 is 5.32 Å². The molecule has 3 atom stereocenters. The number of hydrogen-bond donors (Lipinski definition) is 1. The highest BCUT2D eigenvalue weighted by Crippen LogP contribution is 2.50. The third kappa shape index (κ3) is 5.87. The number of carbonyl (C=O) groups excluding carboxylic acids is 1. The second-order valence-electron chi connectivity index (χ2n) is 11.2. The quantitative estimate of drug-likeness (QED) is 0.554. The molecule has 2 fully saturated rings. The molecule has 1 saturated heterocycles. The Kier molecular flexibility index (Phi) is 7.82. The van der Waals surface area contributed by atoms with Crippen molar-refractivity contribution in [2.24, 2.45) is 11.8 Å². The zero-order chi connectivity index (χ0) is 24.9. The fraction of sp³-hybridized carbons (Fsp3) is 0.533. The van der Waals surface area contributed by atoms with Gasteiger partial charge in [0.1, 0.15) is 5.60 Å². The van der Waals surface area contributed by atoms with Crippen molar-refractivity contribution < 1.29 is 9.53 Å². The summed E-state index contributed by atoms with van der Waals surface area (Å²) in [4.78, 5) is 15.2. The van der Waals surface area contributed by atoms with E-state index in [-0.39, 0.29) is 24.0 Å². The Morgan fingerprint density at radius 2 is 1.63 bits per heavy atom. The largest absolute Gasteiger partial charge is 0.444 e. The Morgan fingerprint density at radius 3 is 2.23 bits per heavy atom. The normalized spacial score (nSPS) is 23.3. The Bertz CT molecular complexity index is 1000. The molecule has 1 amide bonds. The highest BCUT2D eigenvalue weighted by atomic mass is 16.6. The summed E-state index contributed by atoms with van der Waals surface area (Å²) < 4.78 is 5.58. The van der Waals surface area contributed by atoms with Crippen LogP contribution in [-0.4, -0.2) is 35.7 Å². The van der Waals surface area contributed by atoms with Gasteiger partial charge in [0, 0.05) is 18.5 Å². The summed E-state index contributed by atoms with van der Waals surface area (Å²) in [5, 5.41) is 14.0. The maximum atomic E-state index is 12.7. The lowest BCUT2D eigenvalue weighted by molar-refractivity contribution is 0.0459. The van der Waals surface area contributed by atoms with Gasteiger partial charge in [0.2, 0.25) is 0 Å². The van der Waals surface area contributed by atoms with Gasteiger partial charge >= 0.3 is 6.09 Å². The zero-order valence-electron chi connectivity index (χ0n) is 21.4. The van der Waals surface area contributed by atoms with Gasteiger partial charge in [-0.15, -0.1) is 0 Å². The van der Waals surface area contributed by atoms with Crippen molar-refractivity contribution >= 4 is 6.09 Å². The number of ether oxygens (including phenoxy) is 1. The maximum absolute atomic E-state index is 12.7. The van der Waals surface area contributed by atoms with Gasteiger partial charge in [-0.3, -0.25) is 4.90 Å². The van der Waals surface area contributed by atoms with Crippen LogP contribution in [0.15, 0.2) is 60.7 Å². The minimum atomic E-state index is -0.629. The number of carbonyl (C=O) groups is 1. The molecule has 0 aromatic heterocycles. The Hall–Kier alpha value is -2.84. The molecule has 2 aliphatic rings. The van der Waals surface area contributed by atoms with Crippen LogP contribution in [0.2, 0.25) is 0 Å². The van der Waals surface area contributed by atoms with Crippen molar-refractivity contribution in [2.45, 2.75) is 76.5 Å². The first-order chi connectivity index (χ1) is 16.8. The number of amides is 1. The predicted molar refractivity (Wildman–Crippen MR) is 139 cm³/mol. The summed E-state index contributed by atoms with van der Waals surface area (Å²) in [7, 11) is 0. The molecule has 5 nitrogen and oxygen atoms in total. The minimum Gasteiger partial charge on any atom is -0.444 e. The smallest absolute Gasteiger partial charge is 0.407 e. The van der Waals surface area contributed by atoms with E-state index in [1.165, 1.54) is 5.56 Å².